The van der Waals surface area contributed by atoms with Gasteiger partial charge in [0.1, 0.15) is 5.54 Å². The number of nitrogens with one attached hydrogen (secondary N) is 1. The quantitative estimate of drug-likeness (QED) is 0.771. The van der Waals surface area contributed by atoms with Gasteiger partial charge in [-0.2, -0.15) is 13.2 Å². The fourth-order valence-electron chi connectivity index (χ4n) is 1.64. The van der Waals surface area contributed by atoms with E-state index in [1.54, 1.807) is 0 Å². The Balaban J connectivity index is 0.00000441. The molecule has 0 radical (unpaired) electrons. The number of nitrogens with two attached hydrogens (primary N) is 2. The highest BCUT2D eigenvalue weighted by molar-refractivity contribution is 5.92. The molecule has 0 aliphatic rings. The van der Waals surface area contributed by atoms with E-state index in [1.165, 1.54) is 19.9 Å². The molecule has 0 fully saturated rings. The van der Waals surface area contributed by atoms with Crippen molar-refractivity contribution in [3.8, 4) is 0 Å². The van der Waals surface area contributed by atoms with Crippen molar-refractivity contribution < 1.29 is 22.8 Å². The lowest BCUT2D eigenvalue weighted by Gasteiger charge is -2.29. The molecule has 0 saturated heterocycles. The second kappa shape index (κ2) is 6.97. The average molecular weight is 340 g/mol. The Kier molecular flexibility index (Phi) is 6.40. The van der Waals surface area contributed by atoms with E-state index in [0.717, 1.165) is 18.2 Å². The van der Waals surface area contributed by atoms with Gasteiger partial charge in [-0.05, 0) is 31.5 Å². The minimum absolute atomic E-state index is 0. The predicted molar refractivity (Wildman–Crippen MR) is 77.0 cm³/mol. The van der Waals surface area contributed by atoms with E-state index in [-0.39, 0.29) is 18.0 Å². The summed E-state index contributed by atoms with van der Waals surface area (Å²) < 4.78 is 38.2. The summed E-state index contributed by atoms with van der Waals surface area (Å²) in [7, 11) is 0. The first-order chi connectivity index (χ1) is 9.48. The minimum Gasteiger partial charge on any atom is -0.367 e. The molecule has 5 N–H and O–H groups in total. The van der Waals surface area contributed by atoms with Crippen molar-refractivity contribution in [2.24, 2.45) is 11.5 Å². The first-order valence-corrected chi connectivity index (χ1v) is 6.03. The number of primary amides is 1. The molecule has 0 bridgehead atoms. The van der Waals surface area contributed by atoms with Crippen LogP contribution in [0.15, 0.2) is 24.3 Å². The average Bonchev–Trinajstić information content (AvgIpc) is 2.37. The number of rotatable bonds is 4. The molecule has 1 rings (SSSR count). The number of amides is 2. The highest BCUT2D eigenvalue weighted by Crippen LogP contribution is 2.32. The smallest absolute Gasteiger partial charge is 0.367 e. The Bertz CT molecular complexity index is 564. The molecule has 22 heavy (non-hydrogen) atoms. The summed E-state index contributed by atoms with van der Waals surface area (Å²) in [5.74, 6) is -1.69. The molecule has 2 atom stereocenters. The van der Waals surface area contributed by atoms with Crippen molar-refractivity contribution in [2.75, 3.05) is 0 Å². The number of halogens is 4. The van der Waals surface area contributed by atoms with Gasteiger partial charge < -0.3 is 16.8 Å². The normalized spacial score (nSPS) is 15.2. The van der Waals surface area contributed by atoms with Crippen LogP contribution in [0.5, 0.6) is 0 Å². The topological polar surface area (TPSA) is 98.2 Å². The van der Waals surface area contributed by atoms with Crippen molar-refractivity contribution in [3.63, 3.8) is 0 Å². The van der Waals surface area contributed by atoms with Crippen LogP contribution in [0.3, 0.4) is 0 Å². The van der Waals surface area contributed by atoms with E-state index < -0.39 is 35.1 Å². The Morgan fingerprint density at radius 1 is 1.23 bits per heavy atom. The Labute approximate surface area is 131 Å². The van der Waals surface area contributed by atoms with Crippen LogP contribution in [0.1, 0.15) is 25.0 Å². The van der Waals surface area contributed by atoms with E-state index >= 15 is 0 Å². The molecule has 2 amide bonds. The van der Waals surface area contributed by atoms with Crippen LogP contribution in [0.4, 0.5) is 13.2 Å². The fourth-order valence-corrected chi connectivity index (χ4v) is 1.64. The van der Waals surface area contributed by atoms with Crippen LogP contribution in [0.25, 0.3) is 0 Å². The number of benzene rings is 1. The second-order valence-electron chi connectivity index (χ2n) is 4.85. The summed E-state index contributed by atoms with van der Waals surface area (Å²) in [5, 5.41) is 2.28. The fraction of sp³-hybridized carbons (Fsp3) is 0.385. The van der Waals surface area contributed by atoms with Crippen LogP contribution in [-0.2, 0) is 21.3 Å². The molecule has 1 unspecified atom stereocenters. The molecular weight excluding hydrogens is 323 g/mol. The maximum absolute atomic E-state index is 12.7. The molecule has 0 aliphatic carbocycles. The number of hydrogen-bond donors (Lipinski definition) is 3. The molecule has 9 heteroatoms. The van der Waals surface area contributed by atoms with Gasteiger partial charge in [0.05, 0.1) is 11.6 Å². The van der Waals surface area contributed by atoms with Crippen LogP contribution in [0, 0.1) is 0 Å². The van der Waals surface area contributed by atoms with E-state index in [0.29, 0.717) is 0 Å². The molecule has 1 aromatic carbocycles. The molecule has 1 aromatic rings. The third kappa shape index (κ3) is 4.35. The Morgan fingerprint density at radius 3 is 2.14 bits per heavy atom. The van der Waals surface area contributed by atoms with Crippen molar-refractivity contribution >= 4 is 24.2 Å². The number of alkyl halides is 3. The number of carbonyl (C=O) groups is 2. The van der Waals surface area contributed by atoms with Gasteiger partial charge in [0.15, 0.2) is 0 Å². The summed E-state index contributed by atoms with van der Waals surface area (Å²) in [5.41, 5.74) is 7.81. The third-order valence-corrected chi connectivity index (χ3v) is 3.05. The SMILES string of the molecule is C[C@H](N)C(=O)NC(C)(C(N)=O)c1cccc(C(F)(F)F)c1.Cl. The minimum atomic E-state index is -4.57. The van der Waals surface area contributed by atoms with Crippen molar-refractivity contribution in [1.29, 1.82) is 0 Å². The molecule has 0 saturated carbocycles. The maximum Gasteiger partial charge on any atom is 0.416 e. The lowest BCUT2D eigenvalue weighted by Crippen LogP contribution is -2.56. The zero-order valence-corrected chi connectivity index (χ0v) is 12.7. The van der Waals surface area contributed by atoms with Crippen LogP contribution < -0.4 is 16.8 Å². The second-order valence-corrected chi connectivity index (χ2v) is 4.85. The van der Waals surface area contributed by atoms with E-state index in [2.05, 4.69) is 5.32 Å². The summed E-state index contributed by atoms with van der Waals surface area (Å²) in [4.78, 5) is 23.3. The van der Waals surface area contributed by atoms with Gasteiger partial charge in [0.2, 0.25) is 11.8 Å². The largest absolute Gasteiger partial charge is 0.416 e. The van der Waals surface area contributed by atoms with Gasteiger partial charge in [-0.25, -0.2) is 0 Å². The molecule has 0 spiro atoms. The van der Waals surface area contributed by atoms with Crippen molar-refractivity contribution in [1.82, 2.24) is 5.32 Å². The zero-order chi connectivity index (χ0) is 16.4. The van der Waals surface area contributed by atoms with E-state index in [9.17, 15) is 22.8 Å². The molecule has 0 aromatic heterocycles. The number of carbonyl (C=O) groups excluding carboxylic acids is 2. The van der Waals surface area contributed by atoms with Gasteiger partial charge in [-0.3, -0.25) is 9.59 Å². The first kappa shape index (κ1) is 20.2. The van der Waals surface area contributed by atoms with Gasteiger partial charge in [0, 0.05) is 0 Å². The summed E-state index contributed by atoms with van der Waals surface area (Å²) >= 11 is 0. The van der Waals surface area contributed by atoms with Crippen LogP contribution >= 0.6 is 12.4 Å². The maximum atomic E-state index is 12.7. The lowest BCUT2D eigenvalue weighted by molar-refractivity contribution is -0.138. The molecule has 0 aliphatic heterocycles. The van der Waals surface area contributed by atoms with Crippen molar-refractivity contribution in [2.45, 2.75) is 31.6 Å². The predicted octanol–water partition coefficient (Wildman–Crippen LogP) is 1.29. The van der Waals surface area contributed by atoms with Crippen LogP contribution in [-0.4, -0.2) is 17.9 Å². The summed E-state index contributed by atoms with van der Waals surface area (Å²) in [6.07, 6.45) is -4.57. The lowest BCUT2D eigenvalue weighted by atomic mass is 9.89. The molecule has 0 heterocycles. The summed E-state index contributed by atoms with van der Waals surface area (Å²) in [6.45, 7) is 2.61. The first-order valence-electron chi connectivity index (χ1n) is 6.03. The molecule has 5 nitrogen and oxygen atoms in total. The van der Waals surface area contributed by atoms with E-state index in [4.69, 9.17) is 11.5 Å². The third-order valence-electron chi connectivity index (χ3n) is 3.05. The van der Waals surface area contributed by atoms with Crippen LogP contribution in [0.2, 0.25) is 0 Å². The van der Waals surface area contributed by atoms with Gasteiger partial charge in [-0.15, -0.1) is 12.4 Å². The van der Waals surface area contributed by atoms with Gasteiger partial charge in [-0.1, -0.05) is 12.1 Å². The Hall–Kier alpha value is -1.80. The van der Waals surface area contributed by atoms with Crippen molar-refractivity contribution in [3.05, 3.63) is 35.4 Å². The van der Waals surface area contributed by atoms with Gasteiger partial charge >= 0.3 is 6.18 Å². The molecule has 124 valence electrons. The molecular formula is C13H17ClF3N3O2. The zero-order valence-electron chi connectivity index (χ0n) is 11.9. The van der Waals surface area contributed by atoms with Gasteiger partial charge in [0.25, 0.3) is 0 Å². The number of hydrogen-bond acceptors (Lipinski definition) is 3. The van der Waals surface area contributed by atoms with E-state index in [1.807, 2.05) is 0 Å². The monoisotopic (exact) mass is 339 g/mol. The highest BCUT2D eigenvalue weighted by atomic mass is 35.5. The Morgan fingerprint density at radius 2 is 1.73 bits per heavy atom. The summed E-state index contributed by atoms with van der Waals surface area (Å²) in [6, 6.07) is 3.11. The highest BCUT2D eigenvalue weighted by Gasteiger charge is 2.38. The standard InChI is InChI=1S/C13H16F3N3O2.ClH/c1-7(17)10(20)19-12(2,11(18)21)8-4-3-5-9(6-8)13(14,15)16;/h3-7H,17H2,1-2H3,(H2,18,21)(H,19,20);1H/t7-,12?;/m0./s1.